The Morgan fingerprint density at radius 1 is 1.29 bits per heavy atom. The second kappa shape index (κ2) is 4.88. The maximum Gasteiger partial charge on any atom is 0.303 e. The van der Waals surface area contributed by atoms with Gasteiger partial charge in [-0.15, -0.1) is 0 Å². The number of carbonyl (C=O) groups is 1. The van der Waals surface area contributed by atoms with Crippen molar-refractivity contribution in [1.82, 2.24) is 0 Å². The Morgan fingerprint density at radius 2 is 2.06 bits per heavy atom. The first-order valence-corrected chi connectivity index (χ1v) is 6.14. The molecule has 0 aliphatic heterocycles. The van der Waals surface area contributed by atoms with Gasteiger partial charge in [-0.2, -0.15) is 0 Å². The number of hydrogen-bond acceptors (Lipinski definition) is 2. The molecular formula is C14H18O3. The summed E-state index contributed by atoms with van der Waals surface area (Å²) < 4.78 is 0. The van der Waals surface area contributed by atoms with Crippen LogP contribution in [0, 0.1) is 0 Å². The molecule has 2 N–H and O–H groups in total. The van der Waals surface area contributed by atoms with Crippen molar-refractivity contribution in [1.29, 1.82) is 0 Å². The molecule has 1 unspecified atom stereocenters. The predicted molar refractivity (Wildman–Crippen MR) is 64.8 cm³/mol. The van der Waals surface area contributed by atoms with Crippen LogP contribution in [-0.2, 0) is 16.8 Å². The molecule has 0 radical (unpaired) electrons. The van der Waals surface area contributed by atoms with E-state index >= 15 is 0 Å². The monoisotopic (exact) mass is 234 g/mol. The fourth-order valence-electron chi connectivity index (χ4n) is 2.63. The number of aliphatic carboxylic acids is 1. The second-order valence-electron chi connectivity index (χ2n) is 4.79. The van der Waals surface area contributed by atoms with Gasteiger partial charge in [-0.05, 0) is 43.2 Å². The lowest BCUT2D eigenvalue weighted by molar-refractivity contribution is -0.138. The fraction of sp³-hybridized carbons (Fsp3) is 0.500. The van der Waals surface area contributed by atoms with Crippen LogP contribution in [0.3, 0.4) is 0 Å². The SMILES string of the molecule is O=C(O)CCC1(O)CCCCc2ccccc21. The van der Waals surface area contributed by atoms with Crippen molar-refractivity contribution in [3.05, 3.63) is 35.4 Å². The van der Waals surface area contributed by atoms with E-state index in [2.05, 4.69) is 0 Å². The van der Waals surface area contributed by atoms with Crippen molar-refractivity contribution in [2.45, 2.75) is 44.1 Å². The molecule has 0 spiro atoms. The Labute approximate surface area is 101 Å². The first-order valence-electron chi connectivity index (χ1n) is 6.14. The number of aryl methyl sites for hydroxylation is 1. The molecule has 0 saturated carbocycles. The Morgan fingerprint density at radius 3 is 2.82 bits per heavy atom. The van der Waals surface area contributed by atoms with Crippen LogP contribution in [0.15, 0.2) is 24.3 Å². The molecule has 0 amide bonds. The molecule has 1 aliphatic carbocycles. The highest BCUT2D eigenvalue weighted by Gasteiger charge is 2.32. The minimum absolute atomic E-state index is 0.0187. The highest BCUT2D eigenvalue weighted by Crippen LogP contribution is 2.37. The van der Waals surface area contributed by atoms with Gasteiger partial charge in [-0.3, -0.25) is 4.79 Å². The predicted octanol–water partition coefficient (Wildman–Crippen LogP) is 2.47. The van der Waals surface area contributed by atoms with Gasteiger partial charge in [0.25, 0.3) is 0 Å². The van der Waals surface area contributed by atoms with Gasteiger partial charge < -0.3 is 10.2 Å². The molecule has 3 nitrogen and oxygen atoms in total. The van der Waals surface area contributed by atoms with Gasteiger partial charge in [0, 0.05) is 6.42 Å². The molecule has 0 heterocycles. The Hall–Kier alpha value is -1.35. The normalized spacial score (nSPS) is 23.8. The largest absolute Gasteiger partial charge is 0.481 e. The molecule has 1 aromatic rings. The summed E-state index contributed by atoms with van der Waals surface area (Å²) in [6.45, 7) is 0. The molecule has 0 fully saturated rings. The third kappa shape index (κ3) is 2.67. The quantitative estimate of drug-likeness (QED) is 0.790. The molecular weight excluding hydrogens is 216 g/mol. The van der Waals surface area contributed by atoms with Crippen molar-refractivity contribution in [2.24, 2.45) is 0 Å². The summed E-state index contributed by atoms with van der Waals surface area (Å²) in [5, 5.41) is 19.5. The van der Waals surface area contributed by atoms with E-state index in [4.69, 9.17) is 5.11 Å². The molecule has 92 valence electrons. The zero-order chi connectivity index (χ0) is 12.3. The van der Waals surface area contributed by atoms with Gasteiger partial charge in [0.15, 0.2) is 0 Å². The molecule has 1 aromatic carbocycles. The highest BCUT2D eigenvalue weighted by atomic mass is 16.4. The first-order chi connectivity index (χ1) is 8.12. The smallest absolute Gasteiger partial charge is 0.303 e. The zero-order valence-corrected chi connectivity index (χ0v) is 9.85. The number of aliphatic hydroxyl groups is 1. The maximum atomic E-state index is 10.7. The van der Waals surface area contributed by atoms with Crippen molar-refractivity contribution in [2.75, 3.05) is 0 Å². The maximum absolute atomic E-state index is 10.7. The van der Waals surface area contributed by atoms with E-state index in [0.29, 0.717) is 12.8 Å². The highest BCUT2D eigenvalue weighted by molar-refractivity contribution is 5.66. The van der Waals surface area contributed by atoms with Crippen LogP contribution in [0.2, 0.25) is 0 Å². The first kappa shape index (κ1) is 12.1. The molecule has 1 aliphatic rings. The van der Waals surface area contributed by atoms with Gasteiger partial charge in [-0.25, -0.2) is 0 Å². The van der Waals surface area contributed by atoms with Crippen molar-refractivity contribution in [3.8, 4) is 0 Å². The molecule has 1 atom stereocenters. The van der Waals surface area contributed by atoms with E-state index in [1.165, 1.54) is 0 Å². The van der Waals surface area contributed by atoms with Gasteiger partial charge in [0.05, 0.1) is 5.60 Å². The van der Waals surface area contributed by atoms with Crippen LogP contribution < -0.4 is 0 Å². The third-order valence-corrected chi connectivity index (χ3v) is 3.56. The number of rotatable bonds is 3. The summed E-state index contributed by atoms with van der Waals surface area (Å²) in [7, 11) is 0. The molecule has 0 bridgehead atoms. The van der Waals surface area contributed by atoms with Crippen LogP contribution in [0.4, 0.5) is 0 Å². The average Bonchev–Trinajstić information content (AvgIpc) is 2.48. The zero-order valence-electron chi connectivity index (χ0n) is 9.85. The summed E-state index contributed by atoms with van der Waals surface area (Å²) in [5.41, 5.74) is 1.14. The topological polar surface area (TPSA) is 57.5 Å². The number of hydrogen-bond donors (Lipinski definition) is 2. The van der Waals surface area contributed by atoms with Gasteiger partial charge >= 0.3 is 5.97 Å². The minimum Gasteiger partial charge on any atom is -0.481 e. The van der Waals surface area contributed by atoms with E-state index in [1.54, 1.807) is 0 Å². The van der Waals surface area contributed by atoms with E-state index in [9.17, 15) is 9.90 Å². The van der Waals surface area contributed by atoms with Gasteiger partial charge in [-0.1, -0.05) is 24.3 Å². The number of fused-ring (bicyclic) bond motifs is 1. The standard InChI is InChI=1S/C14H18O3/c15-13(16)8-10-14(17)9-4-3-6-11-5-1-2-7-12(11)14/h1-2,5,7,17H,3-4,6,8-10H2,(H,15,16). The van der Waals surface area contributed by atoms with E-state index in [-0.39, 0.29) is 6.42 Å². The Bertz CT molecular complexity index is 414. The fourth-order valence-corrected chi connectivity index (χ4v) is 2.63. The second-order valence-corrected chi connectivity index (χ2v) is 4.79. The van der Waals surface area contributed by atoms with E-state index < -0.39 is 11.6 Å². The molecule has 2 rings (SSSR count). The van der Waals surface area contributed by atoms with Crippen LogP contribution in [0.1, 0.15) is 43.2 Å². The summed E-state index contributed by atoms with van der Waals surface area (Å²) in [5.74, 6) is -0.847. The van der Waals surface area contributed by atoms with E-state index in [0.717, 1.165) is 30.4 Å². The molecule has 3 heteroatoms. The Kier molecular flexibility index (Phi) is 3.48. The number of carboxylic acids is 1. The van der Waals surface area contributed by atoms with E-state index in [1.807, 2.05) is 24.3 Å². The van der Waals surface area contributed by atoms with Gasteiger partial charge in [0.1, 0.15) is 0 Å². The summed E-state index contributed by atoms with van der Waals surface area (Å²) in [6, 6.07) is 7.85. The molecule has 0 saturated heterocycles. The number of benzene rings is 1. The lowest BCUT2D eigenvalue weighted by Gasteiger charge is -2.28. The molecule has 0 aromatic heterocycles. The third-order valence-electron chi connectivity index (χ3n) is 3.56. The summed E-state index contributed by atoms with van der Waals surface area (Å²) >= 11 is 0. The summed E-state index contributed by atoms with van der Waals surface area (Å²) in [4.78, 5) is 10.7. The molecule has 17 heavy (non-hydrogen) atoms. The lowest BCUT2D eigenvalue weighted by atomic mass is 9.84. The van der Waals surface area contributed by atoms with Crippen molar-refractivity contribution >= 4 is 5.97 Å². The van der Waals surface area contributed by atoms with Crippen molar-refractivity contribution in [3.63, 3.8) is 0 Å². The average molecular weight is 234 g/mol. The number of carboxylic acid groups (broad SMARTS) is 1. The summed E-state index contributed by atoms with van der Waals surface area (Å²) in [6.07, 6.45) is 3.98. The lowest BCUT2D eigenvalue weighted by Crippen LogP contribution is -2.27. The van der Waals surface area contributed by atoms with Crippen LogP contribution in [0.25, 0.3) is 0 Å². The van der Waals surface area contributed by atoms with Gasteiger partial charge in [0.2, 0.25) is 0 Å². The van der Waals surface area contributed by atoms with Crippen molar-refractivity contribution < 1.29 is 15.0 Å². The van der Waals surface area contributed by atoms with Crippen LogP contribution in [0.5, 0.6) is 0 Å². The minimum atomic E-state index is -0.953. The van der Waals surface area contributed by atoms with Crippen LogP contribution >= 0.6 is 0 Å². The Balaban J connectivity index is 2.29. The van der Waals surface area contributed by atoms with Crippen LogP contribution in [-0.4, -0.2) is 16.2 Å².